The van der Waals surface area contributed by atoms with E-state index in [1.165, 1.54) is 10.8 Å². The van der Waals surface area contributed by atoms with Crippen LogP contribution in [0.2, 0.25) is 0 Å². The number of hydrogen-bond donors (Lipinski definition) is 0. The molecular weight excluding hydrogens is 339 g/mol. The molecule has 0 radical (unpaired) electrons. The minimum atomic E-state index is -1.89. The van der Waals surface area contributed by atoms with E-state index < -0.39 is 14.3 Å². The second-order valence-electron chi connectivity index (χ2n) is 3.54. The van der Waals surface area contributed by atoms with Gasteiger partial charge >= 0.3 is 0 Å². The van der Waals surface area contributed by atoms with Crippen LogP contribution in [0.1, 0.15) is 13.8 Å². The predicted octanol–water partition coefficient (Wildman–Crippen LogP) is 3.98. The van der Waals surface area contributed by atoms with E-state index in [-0.39, 0.29) is 6.04 Å². The quantitative estimate of drug-likeness (QED) is 0.556. The first-order valence-corrected chi connectivity index (χ1v) is 6.53. The molecule has 0 saturated carbocycles. The summed E-state index contributed by atoms with van der Waals surface area (Å²) in [6, 6.07) is 0.00854. The summed E-state index contributed by atoms with van der Waals surface area (Å²) in [6.07, 6.45) is 0.604. The molecule has 1 unspecified atom stereocenters. The molecule has 0 spiro atoms. The SMILES string of the molecule is CC(C)N1N=CN(Cl)C1C(Cl)(Cl)C(Cl)(Cl)Cl. The number of rotatable bonds is 2. The molecule has 1 atom stereocenters. The molecule has 1 rings (SSSR count). The average Bonchev–Trinajstić information content (AvgIpc) is 2.45. The summed E-state index contributed by atoms with van der Waals surface area (Å²) < 4.78 is -2.43. The van der Waals surface area contributed by atoms with Gasteiger partial charge in [0.25, 0.3) is 0 Å². The fourth-order valence-electron chi connectivity index (χ4n) is 1.23. The smallest absolute Gasteiger partial charge is 0.227 e. The van der Waals surface area contributed by atoms with E-state index in [1.807, 2.05) is 13.8 Å². The zero-order valence-electron chi connectivity index (χ0n) is 8.34. The topological polar surface area (TPSA) is 18.8 Å². The minimum Gasteiger partial charge on any atom is -0.266 e. The van der Waals surface area contributed by atoms with E-state index in [9.17, 15) is 0 Å². The lowest BCUT2D eigenvalue weighted by atomic mass is 10.3. The van der Waals surface area contributed by atoms with Crippen LogP contribution >= 0.6 is 69.8 Å². The Kier molecular flexibility index (Phi) is 4.66. The molecule has 94 valence electrons. The van der Waals surface area contributed by atoms with Crippen LogP contribution in [-0.4, -0.2) is 36.1 Å². The van der Waals surface area contributed by atoms with Gasteiger partial charge in [0.2, 0.25) is 8.13 Å². The lowest BCUT2D eigenvalue weighted by molar-refractivity contribution is 0.122. The molecule has 0 aliphatic carbocycles. The van der Waals surface area contributed by atoms with Crippen molar-refractivity contribution in [2.45, 2.75) is 34.2 Å². The van der Waals surface area contributed by atoms with Gasteiger partial charge in [0.1, 0.15) is 6.34 Å². The maximum absolute atomic E-state index is 6.07. The highest BCUT2D eigenvalue weighted by Crippen LogP contribution is 2.51. The Balaban J connectivity index is 3.02. The first kappa shape index (κ1) is 15.1. The van der Waals surface area contributed by atoms with Gasteiger partial charge in [-0.2, -0.15) is 5.10 Å². The van der Waals surface area contributed by atoms with Gasteiger partial charge in [0.15, 0.2) is 6.17 Å². The summed E-state index contributed by atoms with van der Waals surface area (Å²) in [4.78, 5) is 0. The predicted molar refractivity (Wildman–Crippen MR) is 71.7 cm³/mol. The van der Waals surface area contributed by atoms with Crippen molar-refractivity contribution in [1.82, 2.24) is 9.43 Å². The molecule has 1 aliphatic rings. The average molecular weight is 348 g/mol. The zero-order valence-corrected chi connectivity index (χ0v) is 12.9. The Bertz CT molecular complexity index is 286. The molecule has 16 heavy (non-hydrogen) atoms. The highest BCUT2D eigenvalue weighted by atomic mass is 35.6. The third-order valence-corrected chi connectivity index (χ3v) is 4.71. The van der Waals surface area contributed by atoms with Crippen molar-refractivity contribution in [3.05, 3.63) is 0 Å². The Hall–Kier alpha value is 1.01. The van der Waals surface area contributed by atoms with Gasteiger partial charge in [-0.25, -0.2) is 4.42 Å². The van der Waals surface area contributed by atoms with Gasteiger partial charge in [-0.15, -0.1) is 0 Å². The Labute approximate surface area is 124 Å². The summed E-state index contributed by atoms with van der Waals surface area (Å²) >= 11 is 35.3. The van der Waals surface area contributed by atoms with E-state index in [0.29, 0.717) is 0 Å². The first-order valence-electron chi connectivity index (χ1n) is 4.30. The number of nitrogens with zero attached hydrogens (tertiary/aromatic N) is 3. The summed E-state index contributed by atoms with van der Waals surface area (Å²) in [6.45, 7) is 3.78. The second-order valence-corrected chi connectivity index (χ2v) is 7.60. The molecule has 0 aromatic heterocycles. The van der Waals surface area contributed by atoms with Crippen LogP contribution in [0.3, 0.4) is 0 Å². The van der Waals surface area contributed by atoms with E-state index in [4.69, 9.17) is 69.8 Å². The van der Waals surface area contributed by atoms with Gasteiger partial charge in [0.05, 0.1) is 0 Å². The first-order chi connectivity index (χ1) is 7.09. The molecule has 1 aliphatic heterocycles. The maximum Gasteiger partial charge on any atom is 0.227 e. The Morgan fingerprint density at radius 3 is 2.06 bits per heavy atom. The molecule has 9 heteroatoms. The molecule has 0 aromatic carbocycles. The third kappa shape index (κ3) is 2.70. The van der Waals surface area contributed by atoms with Gasteiger partial charge < -0.3 is 0 Å². The monoisotopic (exact) mass is 345 g/mol. The van der Waals surface area contributed by atoms with Crippen molar-refractivity contribution >= 4 is 76.1 Å². The van der Waals surface area contributed by atoms with E-state index >= 15 is 0 Å². The van der Waals surface area contributed by atoms with Crippen molar-refractivity contribution in [2.24, 2.45) is 5.10 Å². The van der Waals surface area contributed by atoms with Crippen LogP contribution in [-0.2, 0) is 0 Å². The molecular formula is C7H9Cl6N3. The van der Waals surface area contributed by atoms with Crippen molar-refractivity contribution in [3.8, 4) is 0 Å². The number of alkyl halides is 5. The van der Waals surface area contributed by atoms with Crippen LogP contribution in [0.4, 0.5) is 0 Å². The minimum absolute atomic E-state index is 0.00854. The van der Waals surface area contributed by atoms with Crippen LogP contribution in [0.5, 0.6) is 0 Å². The lowest BCUT2D eigenvalue weighted by Gasteiger charge is -2.40. The highest BCUT2D eigenvalue weighted by molar-refractivity contribution is 6.75. The van der Waals surface area contributed by atoms with Gasteiger partial charge in [-0.3, -0.25) is 5.01 Å². The van der Waals surface area contributed by atoms with Crippen LogP contribution in [0.15, 0.2) is 5.10 Å². The zero-order chi connectivity index (χ0) is 12.7. The number of halogens is 6. The molecule has 0 aromatic rings. The van der Waals surface area contributed by atoms with Gasteiger partial charge in [-0.1, -0.05) is 58.0 Å². The van der Waals surface area contributed by atoms with E-state index in [1.54, 1.807) is 5.01 Å². The number of hydrogen-bond acceptors (Lipinski definition) is 3. The normalized spacial score (nSPS) is 22.4. The number of hydrazone groups is 1. The van der Waals surface area contributed by atoms with Crippen molar-refractivity contribution < 1.29 is 0 Å². The molecule has 0 N–H and O–H groups in total. The fourth-order valence-corrected chi connectivity index (χ4v) is 2.31. The van der Waals surface area contributed by atoms with Crippen molar-refractivity contribution in [1.29, 1.82) is 0 Å². The summed E-state index contributed by atoms with van der Waals surface area (Å²) in [5.41, 5.74) is 0. The van der Waals surface area contributed by atoms with Gasteiger partial charge in [0, 0.05) is 17.8 Å². The molecule has 1 heterocycles. The van der Waals surface area contributed by atoms with Crippen LogP contribution in [0, 0.1) is 0 Å². The Morgan fingerprint density at radius 2 is 1.69 bits per heavy atom. The maximum atomic E-state index is 6.07. The summed E-state index contributed by atoms with van der Waals surface area (Å²) in [7, 11) is 0. The highest BCUT2D eigenvalue weighted by Gasteiger charge is 2.57. The fraction of sp³-hybridized carbons (Fsp3) is 0.857. The second kappa shape index (κ2) is 4.94. The van der Waals surface area contributed by atoms with Crippen LogP contribution < -0.4 is 0 Å². The van der Waals surface area contributed by atoms with Gasteiger partial charge in [-0.05, 0) is 13.8 Å². The molecule has 0 fully saturated rings. The summed E-state index contributed by atoms with van der Waals surface area (Å²) in [5.74, 6) is 0. The molecule has 0 amide bonds. The molecule has 0 saturated heterocycles. The van der Waals surface area contributed by atoms with Crippen LogP contribution in [0.25, 0.3) is 0 Å². The Morgan fingerprint density at radius 1 is 1.19 bits per heavy atom. The van der Waals surface area contributed by atoms with Crippen molar-refractivity contribution in [3.63, 3.8) is 0 Å². The van der Waals surface area contributed by atoms with E-state index in [2.05, 4.69) is 5.10 Å². The third-order valence-electron chi connectivity index (χ3n) is 2.01. The standard InChI is InChI=1S/C7H9Cl6N3/c1-4(2)16-5(15(13)3-14-16)6(8,9)7(10,11)12/h3-5H,1-2H3. The largest absolute Gasteiger partial charge is 0.266 e. The molecule has 3 nitrogen and oxygen atoms in total. The lowest BCUT2D eigenvalue weighted by Crippen LogP contribution is -2.55. The summed E-state index contributed by atoms with van der Waals surface area (Å²) in [5, 5.41) is 5.60. The molecule has 0 bridgehead atoms. The van der Waals surface area contributed by atoms with E-state index in [0.717, 1.165) is 0 Å². The van der Waals surface area contributed by atoms with Crippen molar-refractivity contribution in [2.75, 3.05) is 0 Å².